The summed E-state index contributed by atoms with van der Waals surface area (Å²) in [5.74, 6) is -3.93. The van der Waals surface area contributed by atoms with Gasteiger partial charge in [-0.1, -0.05) is 12.1 Å². The van der Waals surface area contributed by atoms with Crippen LogP contribution < -0.4 is 5.32 Å². The molecule has 2 bridgehead atoms. The second-order valence-electron chi connectivity index (χ2n) is 8.11. The first-order chi connectivity index (χ1) is 14.7. The molecule has 4 rings (SSSR count). The van der Waals surface area contributed by atoms with Crippen LogP contribution in [0.3, 0.4) is 0 Å². The number of halogens is 2. The molecule has 0 aromatic heterocycles. The molecule has 1 aliphatic heterocycles. The van der Waals surface area contributed by atoms with E-state index in [2.05, 4.69) is 5.32 Å². The lowest BCUT2D eigenvalue weighted by Gasteiger charge is -2.28. The minimum absolute atomic E-state index is 0.151. The van der Waals surface area contributed by atoms with E-state index in [-0.39, 0.29) is 28.4 Å². The predicted octanol–water partition coefficient (Wildman–Crippen LogP) is 1.84. The Labute approximate surface area is 188 Å². The van der Waals surface area contributed by atoms with Crippen LogP contribution in [0.25, 0.3) is 0 Å². The van der Waals surface area contributed by atoms with E-state index in [1.54, 1.807) is 18.2 Å². The summed E-state index contributed by atoms with van der Waals surface area (Å²) in [5, 5.41) is 1.77. The number of hydrogen-bond acceptors (Lipinski definition) is 6. The number of alkyl halides is 2. The Morgan fingerprint density at radius 2 is 1.71 bits per heavy atom. The first-order valence-electron chi connectivity index (χ1n) is 9.89. The van der Waals surface area contributed by atoms with E-state index in [9.17, 15) is 24.0 Å². The maximum Gasteiger partial charge on any atom is 0.326 e. The zero-order valence-corrected chi connectivity index (χ0v) is 18.1. The molecule has 1 heterocycles. The molecule has 1 aromatic carbocycles. The van der Waals surface area contributed by atoms with E-state index in [0.717, 1.165) is 4.90 Å². The van der Waals surface area contributed by atoms with Crippen molar-refractivity contribution >= 4 is 58.4 Å². The number of fused-ring (bicyclic) bond motifs is 5. The SMILES string of the molecule is CC(=O)c1cccc(NC(=O)COC(=O)CN2C(=O)[C@@H]3[C@H]4C[C@@H]([C@H](Cl)[C@H]4Cl)[C@H]3C2=O)c1. The second kappa shape index (κ2) is 8.24. The average molecular weight is 467 g/mol. The number of anilines is 1. The zero-order valence-electron chi connectivity index (χ0n) is 16.5. The molecule has 0 spiro atoms. The molecule has 2 aliphatic carbocycles. The van der Waals surface area contributed by atoms with Gasteiger partial charge in [-0.25, -0.2) is 0 Å². The molecule has 3 fully saturated rings. The van der Waals surface area contributed by atoms with Gasteiger partial charge in [0, 0.05) is 11.3 Å². The lowest BCUT2D eigenvalue weighted by molar-refractivity contribution is -0.154. The molecule has 6 atom stereocenters. The molecule has 3 aliphatic rings. The molecule has 10 heteroatoms. The predicted molar refractivity (Wildman–Crippen MR) is 111 cm³/mol. The first-order valence-corrected chi connectivity index (χ1v) is 10.8. The van der Waals surface area contributed by atoms with Crippen LogP contribution in [0.15, 0.2) is 24.3 Å². The Morgan fingerprint density at radius 3 is 2.29 bits per heavy atom. The van der Waals surface area contributed by atoms with Gasteiger partial charge >= 0.3 is 5.97 Å². The molecule has 3 amide bonds. The molecule has 1 saturated heterocycles. The third-order valence-corrected chi connectivity index (χ3v) is 7.60. The summed E-state index contributed by atoms with van der Waals surface area (Å²) in [6, 6.07) is 6.33. The number of ketones is 1. The van der Waals surface area contributed by atoms with Crippen LogP contribution in [0, 0.1) is 23.7 Å². The molecule has 1 aromatic rings. The lowest BCUT2D eigenvalue weighted by Crippen LogP contribution is -2.38. The number of esters is 1. The number of imide groups is 1. The third kappa shape index (κ3) is 3.83. The quantitative estimate of drug-likeness (QED) is 0.296. The molecule has 31 heavy (non-hydrogen) atoms. The number of amides is 3. The fourth-order valence-corrected chi connectivity index (χ4v) is 5.79. The van der Waals surface area contributed by atoms with Gasteiger partial charge < -0.3 is 10.1 Å². The summed E-state index contributed by atoms with van der Waals surface area (Å²) in [4.78, 5) is 62.0. The lowest BCUT2D eigenvalue weighted by atomic mass is 9.80. The largest absolute Gasteiger partial charge is 0.454 e. The molecule has 0 unspecified atom stereocenters. The summed E-state index contributed by atoms with van der Waals surface area (Å²) in [6.45, 7) is 0.256. The minimum atomic E-state index is -0.869. The van der Waals surface area contributed by atoms with E-state index in [1.165, 1.54) is 13.0 Å². The van der Waals surface area contributed by atoms with Crippen LogP contribution in [0.1, 0.15) is 23.7 Å². The number of rotatable bonds is 6. The maximum absolute atomic E-state index is 12.7. The van der Waals surface area contributed by atoms with Crippen LogP contribution in [0.2, 0.25) is 0 Å². The summed E-state index contributed by atoms with van der Waals surface area (Å²) in [7, 11) is 0. The van der Waals surface area contributed by atoms with Gasteiger partial charge in [0.05, 0.1) is 22.6 Å². The fourth-order valence-electron chi connectivity index (χ4n) is 4.90. The normalized spacial score (nSPS) is 31.0. The number of likely N-dealkylation sites (tertiary alicyclic amines) is 1. The number of benzene rings is 1. The first kappa shape index (κ1) is 21.8. The Morgan fingerprint density at radius 1 is 1.10 bits per heavy atom. The Kier molecular flexibility index (Phi) is 5.79. The molecular weight excluding hydrogens is 447 g/mol. The van der Waals surface area contributed by atoms with Gasteiger partial charge in [0.15, 0.2) is 12.4 Å². The molecule has 8 nitrogen and oxygen atoms in total. The van der Waals surface area contributed by atoms with Crippen LogP contribution in [-0.4, -0.2) is 58.3 Å². The van der Waals surface area contributed by atoms with Gasteiger partial charge in [-0.15, -0.1) is 23.2 Å². The number of ether oxygens (including phenoxy) is 1. The van der Waals surface area contributed by atoms with E-state index in [4.69, 9.17) is 27.9 Å². The number of hydrogen-bond donors (Lipinski definition) is 1. The fraction of sp³-hybridized carbons (Fsp3) is 0.476. The summed E-state index contributed by atoms with van der Waals surface area (Å²) in [6.07, 6.45) is 0.637. The molecule has 164 valence electrons. The van der Waals surface area contributed by atoms with Gasteiger partial charge in [-0.05, 0) is 37.3 Å². The topological polar surface area (TPSA) is 110 Å². The van der Waals surface area contributed by atoms with Crippen LogP contribution in [0.4, 0.5) is 5.69 Å². The van der Waals surface area contributed by atoms with Crippen molar-refractivity contribution in [1.29, 1.82) is 0 Å². The number of Topliss-reactive ketones (excluding diaryl/α,β-unsaturated/α-hetero) is 1. The number of nitrogens with zero attached hydrogens (tertiary/aromatic N) is 1. The van der Waals surface area contributed by atoms with Crippen LogP contribution >= 0.6 is 23.2 Å². The molecule has 0 radical (unpaired) electrons. The Hall–Kier alpha value is -2.45. The Balaban J connectivity index is 1.31. The van der Waals surface area contributed by atoms with E-state index in [0.29, 0.717) is 17.7 Å². The highest BCUT2D eigenvalue weighted by Crippen LogP contribution is 2.59. The van der Waals surface area contributed by atoms with Crippen molar-refractivity contribution in [3.8, 4) is 0 Å². The van der Waals surface area contributed by atoms with Crippen molar-refractivity contribution in [2.45, 2.75) is 24.1 Å². The highest BCUT2D eigenvalue weighted by atomic mass is 35.5. The van der Waals surface area contributed by atoms with E-state index in [1.807, 2.05) is 0 Å². The third-order valence-electron chi connectivity index (χ3n) is 6.28. The van der Waals surface area contributed by atoms with Crippen molar-refractivity contribution in [3.63, 3.8) is 0 Å². The van der Waals surface area contributed by atoms with Crippen molar-refractivity contribution in [3.05, 3.63) is 29.8 Å². The van der Waals surface area contributed by atoms with Crippen molar-refractivity contribution in [2.75, 3.05) is 18.5 Å². The average Bonchev–Trinajstić information content (AvgIpc) is 3.33. The van der Waals surface area contributed by atoms with E-state index < -0.39 is 48.7 Å². The van der Waals surface area contributed by atoms with E-state index >= 15 is 0 Å². The second-order valence-corrected chi connectivity index (χ2v) is 9.12. The van der Waals surface area contributed by atoms with Crippen molar-refractivity contribution in [2.24, 2.45) is 23.7 Å². The molecule has 1 N–H and O–H groups in total. The number of carbonyl (C=O) groups excluding carboxylic acids is 5. The van der Waals surface area contributed by atoms with Crippen molar-refractivity contribution < 1.29 is 28.7 Å². The number of carbonyl (C=O) groups is 5. The molecule has 2 saturated carbocycles. The highest BCUT2D eigenvalue weighted by Gasteiger charge is 2.66. The maximum atomic E-state index is 12.7. The van der Waals surface area contributed by atoms with Gasteiger partial charge in [-0.3, -0.25) is 28.9 Å². The van der Waals surface area contributed by atoms with Crippen LogP contribution in [0.5, 0.6) is 0 Å². The van der Waals surface area contributed by atoms with Gasteiger partial charge in [0.25, 0.3) is 5.91 Å². The standard InChI is InChI=1S/C21H20Cl2N2O6/c1-9(26)10-3-2-4-11(5-10)24-14(27)8-31-15(28)7-25-20(29)16-12-6-13(17(16)21(25)30)19(23)18(12)22/h2-5,12-13,16-19H,6-8H2,1H3,(H,24,27)/t12-,13-,16-,17-,18+,19+/m1/s1. The number of nitrogens with one attached hydrogen (secondary N) is 1. The highest BCUT2D eigenvalue weighted by molar-refractivity contribution is 6.31. The summed E-state index contributed by atoms with van der Waals surface area (Å²) < 4.78 is 4.93. The summed E-state index contributed by atoms with van der Waals surface area (Å²) in [5.41, 5.74) is 0.812. The van der Waals surface area contributed by atoms with Crippen LogP contribution in [-0.2, 0) is 23.9 Å². The van der Waals surface area contributed by atoms with Gasteiger partial charge in [-0.2, -0.15) is 0 Å². The summed E-state index contributed by atoms with van der Waals surface area (Å²) >= 11 is 12.6. The monoisotopic (exact) mass is 466 g/mol. The molecular formula is C21H20Cl2N2O6. The van der Waals surface area contributed by atoms with Gasteiger partial charge in [0.2, 0.25) is 11.8 Å². The zero-order chi connectivity index (χ0) is 22.4. The van der Waals surface area contributed by atoms with Gasteiger partial charge in [0.1, 0.15) is 6.54 Å². The van der Waals surface area contributed by atoms with Crippen molar-refractivity contribution in [1.82, 2.24) is 4.90 Å². The Bertz CT molecular complexity index is 950. The smallest absolute Gasteiger partial charge is 0.326 e. The minimum Gasteiger partial charge on any atom is -0.454 e.